The van der Waals surface area contributed by atoms with Crippen LogP contribution < -0.4 is 10.5 Å². The normalized spacial score (nSPS) is 20.1. The molecule has 1 aliphatic rings. The number of aromatic nitrogens is 1. The van der Waals surface area contributed by atoms with Gasteiger partial charge in [0.25, 0.3) is 0 Å². The van der Waals surface area contributed by atoms with Crippen LogP contribution in [-0.2, 0) is 0 Å². The molecule has 0 radical (unpaired) electrons. The maximum Gasteiger partial charge on any atom is 0.121 e. The highest BCUT2D eigenvalue weighted by atomic mass is 35.5. The van der Waals surface area contributed by atoms with E-state index in [1.807, 2.05) is 24.4 Å². The first-order valence-electron chi connectivity index (χ1n) is 6.24. The molecule has 1 aliphatic carbocycles. The third-order valence-corrected chi connectivity index (χ3v) is 3.68. The number of methoxy groups -OCH3 is 1. The van der Waals surface area contributed by atoms with E-state index in [0.717, 1.165) is 23.4 Å². The Labute approximate surface area is 129 Å². The summed E-state index contributed by atoms with van der Waals surface area (Å²) in [5.74, 6) is 1.22. The predicted molar refractivity (Wildman–Crippen MR) is 83.8 cm³/mol. The number of ether oxygens (including phenoxy) is 1. The van der Waals surface area contributed by atoms with Crippen molar-refractivity contribution in [1.29, 1.82) is 0 Å². The van der Waals surface area contributed by atoms with Gasteiger partial charge in [-0.25, -0.2) is 0 Å². The minimum atomic E-state index is 0. The molecule has 1 fully saturated rings. The van der Waals surface area contributed by atoms with Gasteiger partial charge in [0.2, 0.25) is 0 Å². The molecule has 1 heterocycles. The average molecular weight is 311 g/mol. The molecule has 1 aromatic carbocycles. The molecule has 1 saturated carbocycles. The van der Waals surface area contributed by atoms with E-state index in [2.05, 4.69) is 11.1 Å². The highest BCUT2D eigenvalue weighted by Crippen LogP contribution is 2.39. The van der Waals surface area contributed by atoms with Crippen LogP contribution in [0.3, 0.4) is 0 Å². The number of hydrogen-bond donors (Lipinski definition) is 1. The highest BCUT2D eigenvalue weighted by molar-refractivity contribution is 6.31. The van der Waals surface area contributed by atoms with Gasteiger partial charge in [-0.1, -0.05) is 17.7 Å². The van der Waals surface area contributed by atoms with Crippen LogP contribution in [0.1, 0.15) is 17.9 Å². The van der Waals surface area contributed by atoms with Crippen LogP contribution in [0.5, 0.6) is 5.75 Å². The van der Waals surface area contributed by atoms with Crippen LogP contribution >= 0.6 is 24.0 Å². The van der Waals surface area contributed by atoms with Crippen molar-refractivity contribution in [2.45, 2.75) is 18.4 Å². The lowest BCUT2D eigenvalue weighted by Crippen LogP contribution is -2.01. The molecule has 20 heavy (non-hydrogen) atoms. The van der Waals surface area contributed by atoms with Gasteiger partial charge < -0.3 is 10.5 Å². The second-order valence-corrected chi connectivity index (χ2v) is 5.30. The van der Waals surface area contributed by atoms with E-state index >= 15 is 0 Å². The zero-order valence-electron chi connectivity index (χ0n) is 11.0. The van der Waals surface area contributed by atoms with Crippen LogP contribution in [0.15, 0.2) is 36.5 Å². The lowest BCUT2D eigenvalue weighted by Gasteiger charge is -2.06. The Kier molecular flexibility index (Phi) is 4.53. The highest BCUT2D eigenvalue weighted by Gasteiger charge is 2.34. The average Bonchev–Trinajstić information content (AvgIpc) is 3.15. The Bertz CT molecular complexity index is 601. The van der Waals surface area contributed by atoms with Gasteiger partial charge in [0.15, 0.2) is 0 Å². The van der Waals surface area contributed by atoms with Crippen molar-refractivity contribution in [3.63, 3.8) is 0 Å². The smallest absolute Gasteiger partial charge is 0.121 e. The number of benzene rings is 1. The van der Waals surface area contributed by atoms with Crippen LogP contribution in [0, 0.1) is 0 Å². The molecular weight excluding hydrogens is 295 g/mol. The third kappa shape index (κ3) is 3.06. The Morgan fingerprint density at radius 2 is 2.05 bits per heavy atom. The largest absolute Gasteiger partial charge is 0.497 e. The Hall–Kier alpha value is -1.29. The topological polar surface area (TPSA) is 48.1 Å². The minimum absolute atomic E-state index is 0. The number of nitrogens with two attached hydrogens (primary N) is 1. The van der Waals surface area contributed by atoms with E-state index in [0.29, 0.717) is 17.0 Å². The maximum absolute atomic E-state index is 6.07. The summed E-state index contributed by atoms with van der Waals surface area (Å²) in [7, 11) is 1.63. The molecule has 2 N–H and O–H groups in total. The number of hydrogen-bond acceptors (Lipinski definition) is 3. The van der Waals surface area contributed by atoms with Crippen molar-refractivity contribution >= 4 is 24.0 Å². The Morgan fingerprint density at radius 3 is 2.60 bits per heavy atom. The van der Waals surface area contributed by atoms with Crippen LogP contribution in [-0.4, -0.2) is 18.1 Å². The second kappa shape index (κ2) is 6.00. The summed E-state index contributed by atoms with van der Waals surface area (Å²) in [6, 6.07) is 9.99. The molecule has 3 nitrogen and oxygen atoms in total. The van der Waals surface area contributed by atoms with Gasteiger partial charge in [-0.15, -0.1) is 12.4 Å². The summed E-state index contributed by atoms with van der Waals surface area (Å²) in [5.41, 5.74) is 8.90. The van der Waals surface area contributed by atoms with Crippen LogP contribution in [0.4, 0.5) is 0 Å². The molecule has 2 unspecified atom stereocenters. The van der Waals surface area contributed by atoms with Gasteiger partial charge in [0.1, 0.15) is 5.75 Å². The van der Waals surface area contributed by atoms with Gasteiger partial charge in [0, 0.05) is 28.7 Å². The van der Waals surface area contributed by atoms with Crippen LogP contribution in [0.25, 0.3) is 11.3 Å². The molecule has 0 spiro atoms. The van der Waals surface area contributed by atoms with Crippen molar-refractivity contribution in [3.05, 3.63) is 47.1 Å². The SMILES string of the molecule is COc1cc(Cl)cc(-c2ccc(C3CC3N)cn2)c1.Cl. The second-order valence-electron chi connectivity index (χ2n) is 4.86. The van der Waals surface area contributed by atoms with E-state index in [-0.39, 0.29) is 12.4 Å². The summed E-state index contributed by atoms with van der Waals surface area (Å²) in [5, 5.41) is 0.643. The minimum Gasteiger partial charge on any atom is -0.497 e. The van der Waals surface area contributed by atoms with Crippen LogP contribution in [0.2, 0.25) is 5.02 Å². The van der Waals surface area contributed by atoms with Crippen molar-refractivity contribution in [3.8, 4) is 17.0 Å². The maximum atomic E-state index is 6.07. The third-order valence-electron chi connectivity index (χ3n) is 3.46. The fourth-order valence-electron chi connectivity index (χ4n) is 2.22. The summed E-state index contributed by atoms with van der Waals surface area (Å²) >= 11 is 6.07. The molecule has 1 aromatic heterocycles. The molecule has 0 aliphatic heterocycles. The molecular formula is C15H16Cl2N2O. The fourth-order valence-corrected chi connectivity index (χ4v) is 2.45. The first-order chi connectivity index (χ1) is 9.17. The Morgan fingerprint density at radius 1 is 1.30 bits per heavy atom. The van der Waals surface area contributed by atoms with E-state index in [4.69, 9.17) is 22.1 Å². The quantitative estimate of drug-likeness (QED) is 0.941. The van der Waals surface area contributed by atoms with Crippen molar-refractivity contribution < 1.29 is 4.74 Å². The number of halogens is 2. The van der Waals surface area contributed by atoms with E-state index < -0.39 is 0 Å². The first-order valence-corrected chi connectivity index (χ1v) is 6.61. The molecule has 0 amide bonds. The van der Waals surface area contributed by atoms with E-state index in [1.165, 1.54) is 5.56 Å². The predicted octanol–water partition coefficient (Wildman–Crippen LogP) is 3.65. The zero-order valence-corrected chi connectivity index (χ0v) is 12.6. The van der Waals surface area contributed by atoms with Gasteiger partial charge in [-0.3, -0.25) is 4.98 Å². The van der Waals surface area contributed by atoms with Crippen molar-refractivity contribution in [2.75, 3.05) is 7.11 Å². The monoisotopic (exact) mass is 310 g/mol. The van der Waals surface area contributed by atoms with Gasteiger partial charge >= 0.3 is 0 Å². The lowest BCUT2D eigenvalue weighted by molar-refractivity contribution is 0.415. The van der Waals surface area contributed by atoms with Crippen molar-refractivity contribution in [1.82, 2.24) is 4.98 Å². The number of rotatable bonds is 3. The molecule has 106 valence electrons. The van der Waals surface area contributed by atoms with E-state index in [9.17, 15) is 0 Å². The van der Waals surface area contributed by atoms with Gasteiger partial charge in [-0.05, 0) is 36.2 Å². The molecule has 2 atom stereocenters. The first kappa shape index (κ1) is 15.1. The molecule has 3 rings (SSSR count). The molecule has 5 heteroatoms. The summed E-state index contributed by atoms with van der Waals surface area (Å²) < 4.78 is 5.21. The summed E-state index contributed by atoms with van der Waals surface area (Å²) in [6.45, 7) is 0. The lowest BCUT2D eigenvalue weighted by atomic mass is 10.1. The zero-order chi connectivity index (χ0) is 13.4. The van der Waals surface area contributed by atoms with Gasteiger partial charge in [0.05, 0.1) is 12.8 Å². The summed E-state index contributed by atoms with van der Waals surface area (Å²) in [6.07, 6.45) is 2.96. The molecule has 0 saturated heterocycles. The standard InChI is InChI=1S/C15H15ClN2O.ClH/c1-19-12-5-10(4-11(16)6-12)15-3-2-9(8-18-15)13-7-14(13)17;/h2-6,8,13-14H,7,17H2,1H3;1H. The molecule has 0 bridgehead atoms. The molecule has 2 aromatic rings. The van der Waals surface area contributed by atoms with Crippen molar-refractivity contribution in [2.24, 2.45) is 5.73 Å². The number of pyridine rings is 1. The fraction of sp³-hybridized carbons (Fsp3) is 0.267. The van der Waals surface area contributed by atoms with Gasteiger partial charge in [-0.2, -0.15) is 0 Å². The Balaban J connectivity index is 0.00000147. The summed E-state index contributed by atoms with van der Waals surface area (Å²) in [4.78, 5) is 4.49. The number of nitrogens with zero attached hydrogens (tertiary/aromatic N) is 1. The van der Waals surface area contributed by atoms with E-state index in [1.54, 1.807) is 13.2 Å².